The zero-order chi connectivity index (χ0) is 18.8. The number of nitrogens with one attached hydrogen (secondary N) is 1. The molecule has 2 aromatic heterocycles. The molecule has 4 atom stereocenters. The van der Waals surface area contributed by atoms with Gasteiger partial charge < -0.3 is 9.64 Å². The van der Waals surface area contributed by atoms with Crippen molar-refractivity contribution in [2.75, 3.05) is 25.9 Å². The molecule has 144 valence electrons. The average Bonchev–Trinajstić information content (AvgIpc) is 3.36. The Morgan fingerprint density at radius 2 is 2.30 bits per heavy atom. The summed E-state index contributed by atoms with van der Waals surface area (Å²) in [5, 5.41) is 4.09. The number of likely N-dealkylation sites (tertiary alicyclic amines) is 1. The normalized spacial score (nSPS) is 32.3. The van der Waals surface area contributed by atoms with Crippen molar-refractivity contribution in [1.82, 2.24) is 24.2 Å². The number of fused-ring (bicyclic) bond motifs is 2. The van der Waals surface area contributed by atoms with Crippen molar-refractivity contribution in [3.05, 3.63) is 30.2 Å². The highest BCUT2D eigenvalue weighted by Gasteiger charge is 2.63. The van der Waals surface area contributed by atoms with Gasteiger partial charge in [0.15, 0.2) is 5.65 Å². The molecule has 2 aromatic rings. The van der Waals surface area contributed by atoms with Crippen LogP contribution in [0.2, 0.25) is 0 Å². The smallest absolute Gasteiger partial charge is 0.255 e. The maximum atomic E-state index is 13.0. The van der Waals surface area contributed by atoms with Gasteiger partial charge in [0, 0.05) is 31.1 Å². The molecule has 0 saturated carbocycles. The summed E-state index contributed by atoms with van der Waals surface area (Å²) in [5.74, 6) is 0.201. The summed E-state index contributed by atoms with van der Waals surface area (Å²) in [6.07, 6.45) is 6.23. The largest absolute Gasteiger partial charge is 0.369 e. The lowest BCUT2D eigenvalue weighted by Gasteiger charge is -2.29. The van der Waals surface area contributed by atoms with Gasteiger partial charge in [0.1, 0.15) is 6.33 Å². The zero-order valence-corrected chi connectivity index (χ0v) is 15.7. The molecule has 2 bridgehead atoms. The molecule has 0 aromatic carbocycles. The first kappa shape index (κ1) is 17.1. The fraction of sp³-hybridized carbons (Fsp3) is 0.588. The number of amides is 1. The molecule has 3 aliphatic heterocycles. The van der Waals surface area contributed by atoms with Gasteiger partial charge in [-0.2, -0.15) is 5.10 Å². The molecule has 5 heterocycles. The lowest BCUT2D eigenvalue weighted by Crippen LogP contribution is -2.41. The van der Waals surface area contributed by atoms with Gasteiger partial charge >= 0.3 is 0 Å². The Kier molecular flexibility index (Phi) is 3.62. The van der Waals surface area contributed by atoms with Crippen LogP contribution in [0.5, 0.6) is 0 Å². The number of nitrogens with zero attached hydrogens (tertiary/aromatic N) is 4. The maximum Gasteiger partial charge on any atom is 0.255 e. The van der Waals surface area contributed by atoms with Crippen molar-refractivity contribution >= 4 is 21.6 Å². The second-order valence-corrected chi connectivity index (χ2v) is 9.65. The topological polar surface area (TPSA) is 106 Å². The molecule has 10 heteroatoms. The van der Waals surface area contributed by atoms with Crippen molar-refractivity contribution < 1.29 is 17.9 Å². The molecule has 0 unspecified atom stereocenters. The molecule has 1 N–H and O–H groups in total. The van der Waals surface area contributed by atoms with Crippen LogP contribution in [0.15, 0.2) is 24.7 Å². The van der Waals surface area contributed by atoms with Crippen LogP contribution < -0.4 is 4.72 Å². The van der Waals surface area contributed by atoms with Crippen LogP contribution in [0, 0.1) is 11.8 Å². The molecular weight excluding hydrogens is 370 g/mol. The van der Waals surface area contributed by atoms with Crippen molar-refractivity contribution in [2.45, 2.75) is 24.5 Å². The van der Waals surface area contributed by atoms with E-state index in [1.54, 1.807) is 22.8 Å². The zero-order valence-electron chi connectivity index (χ0n) is 14.9. The van der Waals surface area contributed by atoms with Crippen molar-refractivity contribution in [3.63, 3.8) is 0 Å². The van der Waals surface area contributed by atoms with Gasteiger partial charge in [0.05, 0.1) is 30.1 Å². The molecule has 9 nitrogen and oxygen atoms in total. The highest BCUT2D eigenvalue weighted by molar-refractivity contribution is 7.88. The molecule has 0 radical (unpaired) electrons. The van der Waals surface area contributed by atoms with E-state index in [1.165, 1.54) is 12.6 Å². The minimum absolute atomic E-state index is 0.0574. The molecule has 3 saturated heterocycles. The van der Waals surface area contributed by atoms with Crippen molar-refractivity contribution in [2.24, 2.45) is 11.8 Å². The SMILES string of the molecule is CS(=O)(=O)NC[C@H]1[C@H]2CN(C(=O)c3ccc4ncnn4c3)C[C@]23CC[C@H]1O3. The number of rotatable bonds is 4. The molecule has 27 heavy (non-hydrogen) atoms. The van der Waals surface area contributed by atoms with E-state index in [9.17, 15) is 13.2 Å². The standard InChI is InChI=1S/C17H21N5O4S/c1-27(24,25)20-6-12-13-8-21(9-17(13)5-4-14(12)26-17)16(23)11-2-3-15-18-10-19-22(15)7-11/h2-3,7,10,12-14,20H,4-6,8-9H2,1H3/t12-,13+,14+,17+/m0/s1. The predicted octanol–water partition coefficient (Wildman–Crippen LogP) is -0.102. The Morgan fingerprint density at radius 3 is 3.11 bits per heavy atom. The third-order valence-corrected chi connectivity index (χ3v) is 6.86. The van der Waals surface area contributed by atoms with Crippen LogP contribution in [0.1, 0.15) is 23.2 Å². The molecule has 0 aliphatic carbocycles. The maximum absolute atomic E-state index is 13.0. The summed E-state index contributed by atoms with van der Waals surface area (Å²) in [5.41, 5.74) is 0.920. The summed E-state index contributed by atoms with van der Waals surface area (Å²) >= 11 is 0. The lowest BCUT2D eigenvalue weighted by molar-refractivity contribution is 0.00324. The summed E-state index contributed by atoms with van der Waals surface area (Å²) in [6, 6.07) is 3.54. The van der Waals surface area contributed by atoms with Gasteiger partial charge in [0.2, 0.25) is 10.0 Å². The first-order valence-electron chi connectivity index (χ1n) is 9.06. The monoisotopic (exact) mass is 391 g/mol. The van der Waals surface area contributed by atoms with Gasteiger partial charge in [0.25, 0.3) is 5.91 Å². The van der Waals surface area contributed by atoms with Gasteiger partial charge in [-0.15, -0.1) is 0 Å². The molecule has 3 fully saturated rings. The quantitative estimate of drug-likeness (QED) is 0.780. The lowest BCUT2D eigenvalue weighted by atomic mass is 9.74. The average molecular weight is 391 g/mol. The molecule has 1 spiro atoms. The Balaban J connectivity index is 1.37. The van der Waals surface area contributed by atoms with E-state index in [4.69, 9.17) is 4.74 Å². The summed E-state index contributed by atoms with van der Waals surface area (Å²) in [6.45, 7) is 1.50. The highest BCUT2D eigenvalue weighted by Crippen LogP contribution is 2.54. The van der Waals surface area contributed by atoms with Crippen LogP contribution in [-0.4, -0.2) is 71.4 Å². The first-order valence-corrected chi connectivity index (χ1v) is 10.9. The number of hydrogen-bond acceptors (Lipinski definition) is 6. The summed E-state index contributed by atoms with van der Waals surface area (Å²) in [4.78, 5) is 19.0. The third kappa shape index (κ3) is 2.74. The fourth-order valence-electron chi connectivity index (χ4n) is 4.99. The van der Waals surface area contributed by atoms with E-state index in [2.05, 4.69) is 14.8 Å². The minimum Gasteiger partial charge on any atom is -0.369 e. The van der Waals surface area contributed by atoms with Gasteiger partial charge in [-0.05, 0) is 25.0 Å². The predicted molar refractivity (Wildman–Crippen MR) is 95.6 cm³/mol. The second kappa shape index (κ2) is 5.73. The van der Waals surface area contributed by atoms with E-state index >= 15 is 0 Å². The van der Waals surface area contributed by atoms with Gasteiger partial charge in [-0.1, -0.05) is 0 Å². The Hall–Kier alpha value is -2.04. The number of ether oxygens (including phenoxy) is 1. The number of sulfonamides is 1. The van der Waals surface area contributed by atoms with Gasteiger partial charge in [-0.3, -0.25) is 4.79 Å². The van der Waals surface area contributed by atoms with Crippen LogP contribution in [0.4, 0.5) is 0 Å². The van der Waals surface area contributed by atoms with E-state index in [0.29, 0.717) is 30.8 Å². The molecule has 3 aliphatic rings. The van der Waals surface area contributed by atoms with Crippen molar-refractivity contribution in [1.29, 1.82) is 0 Å². The Labute approximate surface area is 156 Å². The van der Waals surface area contributed by atoms with Gasteiger partial charge in [-0.25, -0.2) is 22.6 Å². The molecular formula is C17H21N5O4S. The van der Waals surface area contributed by atoms with Crippen LogP contribution in [0.25, 0.3) is 5.65 Å². The summed E-state index contributed by atoms with van der Waals surface area (Å²) in [7, 11) is -3.25. The second-order valence-electron chi connectivity index (χ2n) is 7.82. The van der Waals surface area contributed by atoms with E-state index < -0.39 is 10.0 Å². The molecule has 5 rings (SSSR count). The van der Waals surface area contributed by atoms with Crippen molar-refractivity contribution in [3.8, 4) is 0 Å². The molecule has 1 amide bonds. The van der Waals surface area contributed by atoms with Crippen LogP contribution >= 0.6 is 0 Å². The van der Waals surface area contributed by atoms with Crippen LogP contribution in [-0.2, 0) is 14.8 Å². The van der Waals surface area contributed by atoms with Crippen LogP contribution in [0.3, 0.4) is 0 Å². The number of aromatic nitrogens is 3. The first-order chi connectivity index (χ1) is 12.8. The number of pyridine rings is 1. The van der Waals surface area contributed by atoms with E-state index in [0.717, 1.165) is 12.8 Å². The Morgan fingerprint density at radius 1 is 1.44 bits per heavy atom. The third-order valence-electron chi connectivity index (χ3n) is 6.17. The number of carbonyl (C=O) groups is 1. The van der Waals surface area contributed by atoms with E-state index in [1.807, 2.05) is 4.90 Å². The minimum atomic E-state index is -3.25. The fourth-order valence-corrected chi connectivity index (χ4v) is 5.49. The Bertz CT molecular complexity index is 1020. The van der Waals surface area contributed by atoms with E-state index in [-0.39, 0.29) is 29.4 Å². The number of carbonyl (C=O) groups excluding carboxylic acids is 1. The number of hydrogen-bond donors (Lipinski definition) is 1. The highest BCUT2D eigenvalue weighted by atomic mass is 32.2. The summed E-state index contributed by atoms with van der Waals surface area (Å²) < 4.78 is 33.5.